The average molecular weight is 237 g/mol. The summed E-state index contributed by atoms with van der Waals surface area (Å²) < 4.78 is 1.48. The van der Waals surface area contributed by atoms with Crippen molar-refractivity contribution < 1.29 is 9.90 Å². The van der Waals surface area contributed by atoms with Crippen LogP contribution in [-0.2, 0) is 6.54 Å². The molecule has 4 heteroatoms. The van der Waals surface area contributed by atoms with Crippen molar-refractivity contribution in [2.24, 2.45) is 5.92 Å². The zero-order valence-corrected chi connectivity index (χ0v) is 10.3. The minimum Gasteiger partial charge on any atom is -0.478 e. The Bertz CT molecular complexity index is 435. The van der Waals surface area contributed by atoms with E-state index in [1.807, 2.05) is 0 Å². The van der Waals surface area contributed by atoms with Gasteiger partial charge in [0.15, 0.2) is 0 Å². The van der Waals surface area contributed by atoms with Gasteiger partial charge in [-0.05, 0) is 18.4 Å². The Kier molecular flexibility index (Phi) is 4.94. The van der Waals surface area contributed by atoms with Crippen molar-refractivity contribution in [2.45, 2.75) is 39.7 Å². The topological polar surface area (TPSA) is 59.3 Å². The van der Waals surface area contributed by atoms with E-state index in [2.05, 4.69) is 13.8 Å². The predicted molar refractivity (Wildman–Crippen MR) is 66.4 cm³/mol. The maximum absolute atomic E-state index is 11.5. The Morgan fingerprint density at radius 2 is 2.06 bits per heavy atom. The summed E-state index contributed by atoms with van der Waals surface area (Å²) in [5.74, 6) is -0.335. The van der Waals surface area contributed by atoms with Gasteiger partial charge in [-0.25, -0.2) is 4.79 Å². The third-order valence-electron chi connectivity index (χ3n) is 2.66. The fourth-order valence-electron chi connectivity index (χ4n) is 1.67. The molecule has 1 rings (SSSR count). The Labute approximate surface area is 101 Å². The van der Waals surface area contributed by atoms with Gasteiger partial charge in [0, 0.05) is 18.8 Å². The maximum Gasteiger partial charge on any atom is 0.337 e. The molecule has 0 aromatic carbocycles. The van der Waals surface area contributed by atoms with Gasteiger partial charge in [-0.3, -0.25) is 4.79 Å². The van der Waals surface area contributed by atoms with E-state index in [-0.39, 0.29) is 11.1 Å². The molecular formula is C13H19NO3. The molecule has 0 bridgehead atoms. The molecule has 0 aliphatic rings. The van der Waals surface area contributed by atoms with Gasteiger partial charge in [-0.2, -0.15) is 0 Å². The van der Waals surface area contributed by atoms with E-state index < -0.39 is 5.97 Å². The van der Waals surface area contributed by atoms with Crippen LogP contribution in [-0.4, -0.2) is 15.6 Å². The molecule has 0 aliphatic carbocycles. The van der Waals surface area contributed by atoms with Crippen molar-refractivity contribution in [3.05, 3.63) is 34.2 Å². The van der Waals surface area contributed by atoms with Crippen LogP contribution in [0.1, 0.15) is 43.5 Å². The fraction of sp³-hybridized carbons (Fsp3) is 0.538. The normalized spacial score (nSPS) is 10.8. The number of aromatic nitrogens is 1. The minimum atomic E-state index is -0.999. The van der Waals surface area contributed by atoms with Gasteiger partial charge in [0.25, 0.3) is 5.56 Å². The van der Waals surface area contributed by atoms with E-state index >= 15 is 0 Å². The molecule has 0 saturated heterocycles. The predicted octanol–water partition coefficient (Wildman–Crippen LogP) is 2.37. The summed E-state index contributed by atoms with van der Waals surface area (Å²) in [5, 5.41) is 8.83. The van der Waals surface area contributed by atoms with Crippen LogP contribution < -0.4 is 5.56 Å². The Hall–Kier alpha value is -1.58. The number of rotatable bonds is 6. The van der Waals surface area contributed by atoms with Crippen molar-refractivity contribution in [1.29, 1.82) is 0 Å². The largest absolute Gasteiger partial charge is 0.478 e. The SMILES string of the molecule is CC(C)CCCCn1cc(C(=O)O)ccc1=O. The molecule has 1 N–H and O–H groups in total. The van der Waals surface area contributed by atoms with Crippen LogP contribution in [0.5, 0.6) is 0 Å². The van der Waals surface area contributed by atoms with Crippen molar-refractivity contribution in [2.75, 3.05) is 0 Å². The molecule has 94 valence electrons. The molecular weight excluding hydrogens is 218 g/mol. The van der Waals surface area contributed by atoms with Crippen LogP contribution in [0.3, 0.4) is 0 Å². The molecule has 0 unspecified atom stereocenters. The van der Waals surface area contributed by atoms with Crippen molar-refractivity contribution >= 4 is 5.97 Å². The summed E-state index contributed by atoms with van der Waals surface area (Å²) in [4.78, 5) is 22.3. The van der Waals surface area contributed by atoms with Crippen molar-refractivity contribution in [3.63, 3.8) is 0 Å². The van der Waals surface area contributed by atoms with Crippen LogP contribution >= 0.6 is 0 Å². The van der Waals surface area contributed by atoms with Crippen molar-refractivity contribution in [3.8, 4) is 0 Å². The third-order valence-corrected chi connectivity index (χ3v) is 2.66. The summed E-state index contributed by atoms with van der Waals surface area (Å²) >= 11 is 0. The number of unbranched alkanes of at least 4 members (excludes halogenated alkanes) is 1. The maximum atomic E-state index is 11.5. The summed E-state index contributed by atoms with van der Waals surface area (Å²) in [7, 11) is 0. The first-order valence-corrected chi connectivity index (χ1v) is 5.94. The second kappa shape index (κ2) is 6.23. The Morgan fingerprint density at radius 1 is 1.35 bits per heavy atom. The first-order valence-electron chi connectivity index (χ1n) is 5.94. The highest BCUT2D eigenvalue weighted by atomic mass is 16.4. The number of pyridine rings is 1. The number of aryl methyl sites for hydroxylation is 1. The van der Waals surface area contributed by atoms with Crippen LogP contribution in [0.15, 0.2) is 23.1 Å². The standard InChI is InChI=1S/C13H19NO3/c1-10(2)5-3-4-8-14-9-11(13(16)17)6-7-12(14)15/h6-7,9-10H,3-5,8H2,1-2H3,(H,16,17). The molecule has 0 atom stereocenters. The zero-order chi connectivity index (χ0) is 12.8. The lowest BCUT2D eigenvalue weighted by Crippen LogP contribution is -2.20. The van der Waals surface area contributed by atoms with Gasteiger partial charge in [0.2, 0.25) is 0 Å². The van der Waals surface area contributed by atoms with Gasteiger partial charge in [-0.15, -0.1) is 0 Å². The Balaban J connectivity index is 2.61. The smallest absolute Gasteiger partial charge is 0.337 e. The highest BCUT2D eigenvalue weighted by molar-refractivity contribution is 5.87. The van der Waals surface area contributed by atoms with E-state index in [1.165, 1.54) is 22.9 Å². The number of carboxylic acids is 1. The van der Waals surface area contributed by atoms with Crippen LogP contribution in [0.4, 0.5) is 0 Å². The second-order valence-electron chi connectivity index (χ2n) is 4.64. The summed E-state index contributed by atoms with van der Waals surface area (Å²) in [6, 6.07) is 2.65. The van der Waals surface area contributed by atoms with E-state index in [9.17, 15) is 9.59 Å². The number of nitrogens with zero attached hydrogens (tertiary/aromatic N) is 1. The van der Waals surface area contributed by atoms with E-state index in [0.717, 1.165) is 19.3 Å². The summed E-state index contributed by atoms with van der Waals surface area (Å²) in [5.41, 5.74) is 0.0213. The lowest BCUT2D eigenvalue weighted by Gasteiger charge is -2.07. The number of hydrogen-bond acceptors (Lipinski definition) is 2. The molecule has 1 heterocycles. The van der Waals surface area contributed by atoms with E-state index in [1.54, 1.807) is 0 Å². The molecule has 4 nitrogen and oxygen atoms in total. The molecule has 0 amide bonds. The first kappa shape index (κ1) is 13.5. The van der Waals surface area contributed by atoms with E-state index in [0.29, 0.717) is 12.5 Å². The van der Waals surface area contributed by atoms with Gasteiger partial charge >= 0.3 is 5.97 Å². The molecule has 0 fully saturated rings. The van der Waals surface area contributed by atoms with Gasteiger partial charge < -0.3 is 9.67 Å². The first-order chi connectivity index (χ1) is 8.00. The number of carbonyl (C=O) groups is 1. The van der Waals surface area contributed by atoms with Gasteiger partial charge in [0.1, 0.15) is 0 Å². The number of aromatic carboxylic acids is 1. The summed E-state index contributed by atoms with van der Waals surface area (Å²) in [6.45, 7) is 4.92. The lowest BCUT2D eigenvalue weighted by atomic mass is 10.1. The second-order valence-corrected chi connectivity index (χ2v) is 4.64. The lowest BCUT2D eigenvalue weighted by molar-refractivity contribution is 0.0696. The zero-order valence-electron chi connectivity index (χ0n) is 10.3. The molecule has 17 heavy (non-hydrogen) atoms. The summed E-state index contributed by atoms with van der Waals surface area (Å²) in [6.07, 6.45) is 4.51. The molecule has 1 aromatic rings. The number of carboxylic acid groups (broad SMARTS) is 1. The molecule has 0 saturated carbocycles. The molecule has 0 spiro atoms. The monoisotopic (exact) mass is 237 g/mol. The average Bonchev–Trinajstić information content (AvgIpc) is 2.25. The van der Waals surface area contributed by atoms with Crippen molar-refractivity contribution in [1.82, 2.24) is 4.57 Å². The number of hydrogen-bond donors (Lipinski definition) is 1. The Morgan fingerprint density at radius 3 is 2.65 bits per heavy atom. The molecule has 0 radical (unpaired) electrons. The third kappa shape index (κ3) is 4.43. The van der Waals surface area contributed by atoms with Crippen LogP contribution in [0.2, 0.25) is 0 Å². The fourth-order valence-corrected chi connectivity index (χ4v) is 1.67. The quantitative estimate of drug-likeness (QED) is 0.773. The van der Waals surface area contributed by atoms with Gasteiger partial charge in [0.05, 0.1) is 5.56 Å². The van der Waals surface area contributed by atoms with Crippen LogP contribution in [0, 0.1) is 5.92 Å². The minimum absolute atomic E-state index is 0.139. The highest BCUT2D eigenvalue weighted by Gasteiger charge is 2.05. The highest BCUT2D eigenvalue weighted by Crippen LogP contribution is 2.07. The van der Waals surface area contributed by atoms with Crippen LogP contribution in [0.25, 0.3) is 0 Å². The van der Waals surface area contributed by atoms with E-state index in [4.69, 9.17) is 5.11 Å². The van der Waals surface area contributed by atoms with Gasteiger partial charge in [-0.1, -0.05) is 26.7 Å². The molecule has 0 aliphatic heterocycles. The molecule has 1 aromatic heterocycles.